The van der Waals surface area contributed by atoms with Gasteiger partial charge in [-0.2, -0.15) is 0 Å². The van der Waals surface area contributed by atoms with Gasteiger partial charge in [-0.05, 0) is 43.9 Å². The van der Waals surface area contributed by atoms with Crippen LogP contribution in [0.25, 0.3) is 10.6 Å². The molecule has 0 aliphatic carbocycles. The maximum absolute atomic E-state index is 12.9. The second-order valence-electron chi connectivity index (χ2n) is 7.97. The van der Waals surface area contributed by atoms with E-state index in [1.807, 2.05) is 31.2 Å². The van der Waals surface area contributed by atoms with E-state index >= 15 is 0 Å². The van der Waals surface area contributed by atoms with Crippen LogP contribution in [0.4, 0.5) is 0 Å². The minimum absolute atomic E-state index is 0.130. The number of carbonyl (C=O) groups excluding carboxylic acids is 1. The van der Waals surface area contributed by atoms with Gasteiger partial charge in [-0.3, -0.25) is 4.79 Å². The standard InChI is InChI=1S/C24H29N3O3S2/c1-5-18-10-12-19(13-11-18)24-26-17(4)22(31-24)23(28)25-14-20-8-6-7-9-21(20)15-32(29,30)27-16(2)3/h6-13,16,27H,5,14-15H2,1-4H3,(H,25,28). The molecule has 8 heteroatoms. The number of hydrogen-bond acceptors (Lipinski definition) is 5. The van der Waals surface area contributed by atoms with Crippen LogP contribution in [0.5, 0.6) is 0 Å². The molecule has 0 unspecified atom stereocenters. The average Bonchev–Trinajstić information content (AvgIpc) is 3.13. The Balaban J connectivity index is 1.72. The van der Waals surface area contributed by atoms with E-state index in [9.17, 15) is 13.2 Å². The van der Waals surface area contributed by atoms with Crippen molar-refractivity contribution in [3.63, 3.8) is 0 Å². The highest BCUT2D eigenvalue weighted by molar-refractivity contribution is 7.88. The number of benzene rings is 2. The molecule has 0 aliphatic rings. The monoisotopic (exact) mass is 471 g/mol. The Kier molecular flexibility index (Phi) is 7.82. The third kappa shape index (κ3) is 6.25. The number of hydrogen-bond donors (Lipinski definition) is 2. The summed E-state index contributed by atoms with van der Waals surface area (Å²) in [6.45, 7) is 7.75. The maximum Gasteiger partial charge on any atom is 0.263 e. The molecule has 1 heterocycles. The predicted molar refractivity (Wildman–Crippen MR) is 130 cm³/mol. The van der Waals surface area contributed by atoms with Crippen molar-refractivity contribution in [1.29, 1.82) is 0 Å². The van der Waals surface area contributed by atoms with E-state index in [0.717, 1.165) is 22.6 Å². The van der Waals surface area contributed by atoms with Gasteiger partial charge >= 0.3 is 0 Å². The van der Waals surface area contributed by atoms with Crippen LogP contribution in [0.1, 0.15) is 52.8 Å². The van der Waals surface area contributed by atoms with E-state index in [4.69, 9.17) is 0 Å². The van der Waals surface area contributed by atoms with Crippen molar-refractivity contribution in [2.75, 3.05) is 0 Å². The minimum Gasteiger partial charge on any atom is -0.347 e. The molecule has 170 valence electrons. The van der Waals surface area contributed by atoms with Crippen molar-refractivity contribution < 1.29 is 13.2 Å². The molecule has 0 saturated heterocycles. The zero-order valence-electron chi connectivity index (χ0n) is 18.8. The maximum atomic E-state index is 12.9. The average molecular weight is 472 g/mol. The largest absolute Gasteiger partial charge is 0.347 e. The van der Waals surface area contributed by atoms with Crippen LogP contribution < -0.4 is 10.0 Å². The van der Waals surface area contributed by atoms with Gasteiger partial charge in [0.1, 0.15) is 9.88 Å². The number of aromatic nitrogens is 1. The Morgan fingerprint density at radius 1 is 1.06 bits per heavy atom. The molecule has 0 fully saturated rings. The summed E-state index contributed by atoms with van der Waals surface area (Å²) in [4.78, 5) is 18.0. The molecule has 0 aliphatic heterocycles. The summed E-state index contributed by atoms with van der Waals surface area (Å²) in [5, 5.41) is 3.73. The summed E-state index contributed by atoms with van der Waals surface area (Å²) < 4.78 is 27.3. The van der Waals surface area contributed by atoms with Crippen molar-refractivity contribution in [3.05, 3.63) is 75.8 Å². The number of sulfonamides is 1. The lowest BCUT2D eigenvalue weighted by Gasteiger charge is -2.13. The van der Waals surface area contributed by atoms with Crippen LogP contribution in [-0.2, 0) is 28.7 Å². The van der Waals surface area contributed by atoms with Crippen LogP contribution >= 0.6 is 11.3 Å². The zero-order valence-corrected chi connectivity index (χ0v) is 20.4. The third-order valence-electron chi connectivity index (χ3n) is 4.93. The fraction of sp³-hybridized carbons (Fsp3) is 0.333. The van der Waals surface area contributed by atoms with Gasteiger partial charge in [0.15, 0.2) is 0 Å². The Morgan fingerprint density at radius 2 is 1.72 bits per heavy atom. The van der Waals surface area contributed by atoms with Crippen molar-refractivity contribution in [1.82, 2.24) is 15.0 Å². The first-order chi connectivity index (χ1) is 15.2. The van der Waals surface area contributed by atoms with E-state index in [2.05, 4.69) is 34.1 Å². The molecule has 2 N–H and O–H groups in total. The zero-order chi connectivity index (χ0) is 23.3. The van der Waals surface area contributed by atoms with Crippen LogP contribution in [0.3, 0.4) is 0 Å². The molecular weight excluding hydrogens is 442 g/mol. The van der Waals surface area contributed by atoms with Gasteiger partial charge in [-0.1, -0.05) is 55.5 Å². The van der Waals surface area contributed by atoms with Gasteiger partial charge in [0, 0.05) is 18.2 Å². The van der Waals surface area contributed by atoms with Crippen molar-refractivity contribution in [2.24, 2.45) is 0 Å². The Hall–Kier alpha value is -2.55. The first kappa shape index (κ1) is 24.1. The topological polar surface area (TPSA) is 88.2 Å². The van der Waals surface area contributed by atoms with Gasteiger partial charge < -0.3 is 5.32 Å². The molecule has 32 heavy (non-hydrogen) atoms. The van der Waals surface area contributed by atoms with E-state index in [0.29, 0.717) is 16.1 Å². The molecule has 6 nitrogen and oxygen atoms in total. The summed E-state index contributed by atoms with van der Waals surface area (Å²) >= 11 is 1.36. The van der Waals surface area contributed by atoms with Gasteiger partial charge in [0.05, 0.1) is 11.4 Å². The highest BCUT2D eigenvalue weighted by Crippen LogP contribution is 2.28. The molecule has 1 aromatic heterocycles. The predicted octanol–water partition coefficient (Wildman–Crippen LogP) is 4.44. The highest BCUT2D eigenvalue weighted by atomic mass is 32.2. The fourth-order valence-corrected chi connectivity index (χ4v) is 5.83. The molecule has 0 radical (unpaired) electrons. The Labute approximate surface area is 194 Å². The lowest BCUT2D eigenvalue weighted by Crippen LogP contribution is -2.31. The van der Waals surface area contributed by atoms with Crippen molar-refractivity contribution in [3.8, 4) is 10.6 Å². The smallest absolute Gasteiger partial charge is 0.263 e. The van der Waals surface area contributed by atoms with Crippen LogP contribution in [0, 0.1) is 6.92 Å². The highest BCUT2D eigenvalue weighted by Gasteiger charge is 2.18. The number of amides is 1. The molecule has 2 aromatic carbocycles. The first-order valence-corrected chi connectivity index (χ1v) is 13.1. The number of carbonyl (C=O) groups is 1. The van der Waals surface area contributed by atoms with Crippen LogP contribution in [-0.4, -0.2) is 25.4 Å². The SMILES string of the molecule is CCc1ccc(-c2nc(C)c(C(=O)NCc3ccccc3CS(=O)(=O)NC(C)C)s2)cc1. The van der Waals surface area contributed by atoms with E-state index in [1.54, 1.807) is 26.0 Å². The summed E-state index contributed by atoms with van der Waals surface area (Å²) in [6.07, 6.45) is 0.973. The van der Waals surface area contributed by atoms with Crippen molar-refractivity contribution >= 4 is 27.3 Å². The van der Waals surface area contributed by atoms with Gasteiger partial charge in [0.2, 0.25) is 10.0 Å². The molecular formula is C24H29N3O3S2. The Bertz CT molecular complexity index is 1180. The fourth-order valence-electron chi connectivity index (χ4n) is 3.35. The molecule has 3 aromatic rings. The van der Waals surface area contributed by atoms with Crippen LogP contribution in [0.2, 0.25) is 0 Å². The molecule has 3 rings (SSSR count). The number of nitrogens with zero attached hydrogens (tertiary/aromatic N) is 1. The lowest BCUT2D eigenvalue weighted by molar-refractivity contribution is 0.0954. The first-order valence-electron chi connectivity index (χ1n) is 10.6. The molecule has 0 bridgehead atoms. The summed E-state index contributed by atoms with van der Waals surface area (Å²) in [7, 11) is -3.46. The van der Waals surface area contributed by atoms with Crippen molar-refractivity contribution in [2.45, 2.75) is 52.5 Å². The third-order valence-corrected chi connectivity index (χ3v) is 7.66. The quantitative estimate of drug-likeness (QED) is 0.483. The number of nitrogens with one attached hydrogen (secondary N) is 2. The van der Waals surface area contributed by atoms with Gasteiger partial charge in [-0.25, -0.2) is 18.1 Å². The second kappa shape index (κ2) is 10.4. The second-order valence-corrected chi connectivity index (χ2v) is 10.7. The number of thiazole rings is 1. The summed E-state index contributed by atoms with van der Waals surface area (Å²) in [5.41, 5.74) is 4.36. The van der Waals surface area contributed by atoms with E-state index in [-0.39, 0.29) is 24.2 Å². The molecule has 0 spiro atoms. The van der Waals surface area contributed by atoms with E-state index in [1.165, 1.54) is 16.9 Å². The van der Waals surface area contributed by atoms with Crippen LogP contribution in [0.15, 0.2) is 48.5 Å². The summed E-state index contributed by atoms with van der Waals surface area (Å²) in [5.74, 6) is -0.344. The number of rotatable bonds is 9. The normalized spacial score (nSPS) is 11.7. The number of aryl methyl sites for hydroxylation is 2. The lowest BCUT2D eigenvalue weighted by atomic mass is 10.1. The Morgan fingerprint density at radius 3 is 2.34 bits per heavy atom. The van der Waals surface area contributed by atoms with Gasteiger partial charge in [0.25, 0.3) is 5.91 Å². The molecule has 0 atom stereocenters. The summed E-state index contributed by atoms with van der Waals surface area (Å²) in [6, 6.07) is 15.3. The molecule has 1 amide bonds. The van der Waals surface area contributed by atoms with Gasteiger partial charge in [-0.15, -0.1) is 11.3 Å². The molecule has 0 saturated carbocycles. The van der Waals surface area contributed by atoms with E-state index < -0.39 is 10.0 Å². The minimum atomic E-state index is -3.46.